The summed E-state index contributed by atoms with van der Waals surface area (Å²) in [5, 5.41) is 9.81. The van der Waals surface area contributed by atoms with Crippen molar-refractivity contribution in [2.24, 2.45) is 4.99 Å². The fraction of sp³-hybridized carbons (Fsp3) is 0.364. The van der Waals surface area contributed by atoms with Crippen molar-refractivity contribution in [3.05, 3.63) is 23.3 Å². The van der Waals surface area contributed by atoms with Gasteiger partial charge < -0.3 is 9.84 Å². The molecule has 0 aliphatic carbocycles. The summed E-state index contributed by atoms with van der Waals surface area (Å²) in [6.45, 7) is 2.10. The Morgan fingerprint density at radius 3 is 2.80 bits per heavy atom. The maximum absolute atomic E-state index is 10.0. The van der Waals surface area contributed by atoms with Crippen LogP contribution in [0.5, 0.6) is 11.5 Å². The Balaban J connectivity index is 3.21. The van der Waals surface area contributed by atoms with E-state index in [1.165, 1.54) is 13.2 Å². The Hall–Kier alpha value is -1.80. The molecule has 4 heteroatoms. The molecule has 0 heterocycles. The van der Waals surface area contributed by atoms with Crippen LogP contribution < -0.4 is 4.74 Å². The van der Waals surface area contributed by atoms with Gasteiger partial charge in [0.05, 0.1) is 13.7 Å². The normalized spacial score (nSPS) is 9.47. The minimum atomic E-state index is 0.0517. The number of hydrogen-bond acceptors (Lipinski definition) is 4. The molecule has 0 bridgehead atoms. The number of benzene rings is 1. The van der Waals surface area contributed by atoms with Crippen LogP contribution in [-0.2, 0) is 17.8 Å². The average molecular weight is 207 g/mol. The molecule has 0 atom stereocenters. The maximum atomic E-state index is 10.0. The van der Waals surface area contributed by atoms with Crippen LogP contribution in [-0.4, -0.2) is 18.3 Å². The van der Waals surface area contributed by atoms with Crippen molar-refractivity contribution in [3.63, 3.8) is 0 Å². The number of nitrogens with zero attached hydrogens (tertiary/aromatic N) is 1. The SMILES string of the molecule is CCc1ccc(OC)c(O)c1CN=C=O. The zero-order chi connectivity index (χ0) is 11.3. The van der Waals surface area contributed by atoms with Crippen molar-refractivity contribution >= 4 is 6.08 Å². The number of carbonyl (C=O) groups excluding carboxylic acids is 1. The first-order valence-electron chi connectivity index (χ1n) is 4.65. The topological polar surface area (TPSA) is 58.9 Å². The molecule has 80 valence electrons. The van der Waals surface area contributed by atoms with Gasteiger partial charge in [-0.2, -0.15) is 0 Å². The molecule has 1 aromatic carbocycles. The molecule has 1 aromatic rings. The van der Waals surface area contributed by atoms with Gasteiger partial charge in [-0.3, -0.25) is 0 Å². The molecule has 0 saturated carbocycles. The second kappa shape index (κ2) is 5.17. The van der Waals surface area contributed by atoms with Crippen LogP contribution in [0.4, 0.5) is 0 Å². The van der Waals surface area contributed by atoms with E-state index >= 15 is 0 Å². The molecular weight excluding hydrogens is 194 g/mol. The number of aromatic hydroxyl groups is 1. The van der Waals surface area contributed by atoms with Crippen molar-refractivity contribution in [2.45, 2.75) is 19.9 Å². The summed E-state index contributed by atoms with van der Waals surface area (Å²) >= 11 is 0. The van der Waals surface area contributed by atoms with Crippen molar-refractivity contribution in [3.8, 4) is 11.5 Å². The van der Waals surface area contributed by atoms with Gasteiger partial charge in [0.2, 0.25) is 6.08 Å². The number of rotatable bonds is 4. The van der Waals surface area contributed by atoms with Gasteiger partial charge in [-0.15, -0.1) is 0 Å². The molecule has 15 heavy (non-hydrogen) atoms. The molecular formula is C11H13NO3. The van der Waals surface area contributed by atoms with Gasteiger partial charge in [-0.05, 0) is 18.1 Å². The predicted octanol–water partition coefficient (Wildman–Crippen LogP) is 1.80. The van der Waals surface area contributed by atoms with Gasteiger partial charge >= 0.3 is 0 Å². The van der Waals surface area contributed by atoms with E-state index in [9.17, 15) is 9.90 Å². The average Bonchev–Trinajstić information content (AvgIpc) is 2.27. The van der Waals surface area contributed by atoms with Crippen LogP contribution in [0.15, 0.2) is 17.1 Å². The second-order valence-corrected chi connectivity index (χ2v) is 3.02. The van der Waals surface area contributed by atoms with Crippen molar-refractivity contribution in [1.29, 1.82) is 0 Å². The standard InChI is InChI=1S/C11H13NO3/c1-3-8-4-5-10(15-2)11(14)9(8)6-12-7-13/h4-5,14H,3,6H2,1-2H3. The number of ether oxygens (including phenoxy) is 1. The zero-order valence-electron chi connectivity index (χ0n) is 8.78. The minimum Gasteiger partial charge on any atom is -0.504 e. The lowest BCUT2D eigenvalue weighted by atomic mass is 10.0. The first kappa shape index (κ1) is 11.3. The zero-order valence-corrected chi connectivity index (χ0v) is 8.78. The monoisotopic (exact) mass is 207 g/mol. The largest absolute Gasteiger partial charge is 0.504 e. The molecule has 1 rings (SSSR count). The Bertz CT molecular complexity index is 395. The number of aryl methyl sites for hydroxylation is 1. The van der Waals surface area contributed by atoms with Crippen molar-refractivity contribution in [1.82, 2.24) is 0 Å². The lowest BCUT2D eigenvalue weighted by molar-refractivity contribution is 0.370. The molecule has 0 aliphatic rings. The van der Waals surface area contributed by atoms with Crippen molar-refractivity contribution < 1.29 is 14.6 Å². The van der Waals surface area contributed by atoms with Crippen LogP contribution in [0.25, 0.3) is 0 Å². The molecule has 0 unspecified atom stereocenters. The number of aliphatic imine (C=N–C) groups is 1. The highest BCUT2D eigenvalue weighted by molar-refractivity contribution is 5.50. The van der Waals surface area contributed by atoms with Crippen LogP contribution in [0.2, 0.25) is 0 Å². The molecule has 0 saturated heterocycles. The van der Waals surface area contributed by atoms with Gasteiger partial charge in [0.1, 0.15) is 0 Å². The third kappa shape index (κ3) is 2.36. The lowest BCUT2D eigenvalue weighted by Crippen LogP contribution is -1.95. The van der Waals surface area contributed by atoms with Gasteiger partial charge in [0.25, 0.3) is 0 Å². The van der Waals surface area contributed by atoms with Gasteiger partial charge in [-0.25, -0.2) is 9.79 Å². The number of isocyanates is 1. The Morgan fingerprint density at radius 2 is 2.27 bits per heavy atom. The van der Waals surface area contributed by atoms with Crippen LogP contribution in [0.1, 0.15) is 18.1 Å². The summed E-state index contributed by atoms with van der Waals surface area (Å²) in [6, 6.07) is 3.55. The molecule has 1 N–H and O–H groups in total. The third-order valence-corrected chi connectivity index (χ3v) is 2.25. The second-order valence-electron chi connectivity index (χ2n) is 3.02. The summed E-state index contributed by atoms with van der Waals surface area (Å²) in [6.07, 6.45) is 2.22. The summed E-state index contributed by atoms with van der Waals surface area (Å²) in [5.41, 5.74) is 1.58. The quantitative estimate of drug-likeness (QED) is 0.605. The first-order valence-corrected chi connectivity index (χ1v) is 4.65. The van der Waals surface area contributed by atoms with E-state index in [4.69, 9.17) is 4.74 Å². The molecule has 0 aliphatic heterocycles. The van der Waals surface area contributed by atoms with Crippen molar-refractivity contribution in [2.75, 3.05) is 7.11 Å². The van der Waals surface area contributed by atoms with E-state index in [-0.39, 0.29) is 12.3 Å². The molecule has 0 fully saturated rings. The molecule has 0 amide bonds. The predicted molar refractivity (Wildman–Crippen MR) is 55.9 cm³/mol. The first-order chi connectivity index (χ1) is 7.24. The summed E-state index contributed by atoms with van der Waals surface area (Å²) in [7, 11) is 1.48. The fourth-order valence-corrected chi connectivity index (χ4v) is 1.44. The number of methoxy groups -OCH3 is 1. The summed E-state index contributed by atoms with van der Waals surface area (Å²) in [5.74, 6) is 0.444. The van der Waals surface area contributed by atoms with Crippen LogP contribution in [0.3, 0.4) is 0 Å². The summed E-state index contributed by atoms with van der Waals surface area (Å²) < 4.78 is 4.97. The maximum Gasteiger partial charge on any atom is 0.235 e. The van der Waals surface area contributed by atoms with Crippen LogP contribution >= 0.6 is 0 Å². The molecule has 4 nitrogen and oxygen atoms in total. The number of hydrogen-bond donors (Lipinski definition) is 1. The molecule has 0 radical (unpaired) electrons. The molecule has 0 aromatic heterocycles. The van der Waals surface area contributed by atoms with E-state index < -0.39 is 0 Å². The Labute approximate surface area is 88.2 Å². The van der Waals surface area contributed by atoms with E-state index in [0.717, 1.165) is 12.0 Å². The molecule has 0 spiro atoms. The highest BCUT2D eigenvalue weighted by Gasteiger charge is 2.11. The van der Waals surface area contributed by atoms with Gasteiger partial charge in [0, 0.05) is 5.56 Å². The van der Waals surface area contributed by atoms with E-state index in [1.807, 2.05) is 13.0 Å². The minimum absolute atomic E-state index is 0.0517. The lowest BCUT2D eigenvalue weighted by Gasteiger charge is -2.10. The number of phenolic OH excluding ortho intramolecular Hbond substituents is 1. The number of phenols is 1. The van der Waals surface area contributed by atoms with E-state index in [1.54, 1.807) is 6.07 Å². The van der Waals surface area contributed by atoms with Gasteiger partial charge in [-0.1, -0.05) is 13.0 Å². The smallest absolute Gasteiger partial charge is 0.235 e. The van der Waals surface area contributed by atoms with E-state index in [0.29, 0.717) is 11.3 Å². The summed E-state index contributed by atoms with van der Waals surface area (Å²) in [4.78, 5) is 13.5. The highest BCUT2D eigenvalue weighted by atomic mass is 16.5. The fourth-order valence-electron chi connectivity index (χ4n) is 1.44. The van der Waals surface area contributed by atoms with E-state index in [2.05, 4.69) is 4.99 Å². The Morgan fingerprint density at radius 1 is 1.53 bits per heavy atom. The van der Waals surface area contributed by atoms with Gasteiger partial charge in [0.15, 0.2) is 11.5 Å². The third-order valence-electron chi connectivity index (χ3n) is 2.25. The Kier molecular flexibility index (Phi) is 3.89. The van der Waals surface area contributed by atoms with Crippen LogP contribution in [0, 0.1) is 0 Å². The highest BCUT2D eigenvalue weighted by Crippen LogP contribution is 2.32.